The topological polar surface area (TPSA) is 37.3 Å². The predicted molar refractivity (Wildman–Crippen MR) is 96.1 cm³/mol. The summed E-state index contributed by atoms with van der Waals surface area (Å²) in [5.41, 5.74) is 0. The molecule has 0 bridgehead atoms. The molecule has 0 aliphatic heterocycles. The average Bonchev–Trinajstić information content (AvgIpc) is 2.37. The number of carboxylic acids is 1. The molecule has 1 N–H and O–H groups in total. The quantitative estimate of drug-likeness (QED) is 0.427. The third-order valence-corrected chi connectivity index (χ3v) is 4.89. The van der Waals surface area contributed by atoms with Gasteiger partial charge in [-0.2, -0.15) is 0 Å². The molecule has 2 heteroatoms. The second-order valence-electron chi connectivity index (χ2n) is 8.25. The first-order valence-electron chi connectivity index (χ1n) is 9.46. The SMILES string of the molecule is CC(C)CCCC(C)CCC(C(=O)O)C(C)CCCC(C)C. The van der Waals surface area contributed by atoms with Crippen LogP contribution in [0.1, 0.15) is 92.9 Å². The van der Waals surface area contributed by atoms with Gasteiger partial charge < -0.3 is 5.11 Å². The Morgan fingerprint density at radius 2 is 1.23 bits per heavy atom. The van der Waals surface area contributed by atoms with Gasteiger partial charge in [0.15, 0.2) is 0 Å². The molecule has 3 atom stereocenters. The molecule has 2 nitrogen and oxygen atoms in total. The maximum absolute atomic E-state index is 11.6. The van der Waals surface area contributed by atoms with E-state index in [0.717, 1.165) is 37.5 Å². The fourth-order valence-electron chi connectivity index (χ4n) is 3.18. The van der Waals surface area contributed by atoms with Crippen molar-refractivity contribution in [1.82, 2.24) is 0 Å². The molecule has 0 amide bonds. The van der Waals surface area contributed by atoms with Crippen LogP contribution in [0.2, 0.25) is 0 Å². The lowest BCUT2D eigenvalue weighted by Crippen LogP contribution is -2.22. The zero-order chi connectivity index (χ0) is 17.1. The van der Waals surface area contributed by atoms with Crippen LogP contribution in [0, 0.1) is 29.6 Å². The van der Waals surface area contributed by atoms with E-state index in [1.807, 2.05) is 0 Å². The summed E-state index contributed by atoms with van der Waals surface area (Å²) in [7, 11) is 0. The summed E-state index contributed by atoms with van der Waals surface area (Å²) in [4.78, 5) is 11.6. The molecule has 0 rings (SSSR count). The Morgan fingerprint density at radius 1 is 0.727 bits per heavy atom. The van der Waals surface area contributed by atoms with E-state index in [1.54, 1.807) is 0 Å². The maximum atomic E-state index is 11.6. The standard InChI is InChI=1S/C20H40O2/c1-15(2)9-7-11-17(5)13-14-19(20(21)22)18(6)12-8-10-16(3)4/h15-19H,7-14H2,1-6H3,(H,21,22). The van der Waals surface area contributed by atoms with E-state index in [2.05, 4.69) is 41.5 Å². The van der Waals surface area contributed by atoms with Gasteiger partial charge in [0.05, 0.1) is 5.92 Å². The lowest BCUT2D eigenvalue weighted by Gasteiger charge is -2.22. The van der Waals surface area contributed by atoms with Gasteiger partial charge in [0, 0.05) is 0 Å². The van der Waals surface area contributed by atoms with Gasteiger partial charge in [0.2, 0.25) is 0 Å². The molecule has 0 aromatic rings. The van der Waals surface area contributed by atoms with Gasteiger partial charge in [-0.25, -0.2) is 0 Å². The van der Waals surface area contributed by atoms with Crippen molar-refractivity contribution in [3.8, 4) is 0 Å². The minimum Gasteiger partial charge on any atom is -0.481 e. The van der Waals surface area contributed by atoms with Gasteiger partial charge in [0.25, 0.3) is 0 Å². The van der Waals surface area contributed by atoms with Crippen molar-refractivity contribution in [3.05, 3.63) is 0 Å². The van der Waals surface area contributed by atoms with Gasteiger partial charge in [-0.05, 0) is 42.9 Å². The van der Waals surface area contributed by atoms with E-state index in [1.165, 1.54) is 25.7 Å². The predicted octanol–water partition coefficient (Wildman–Crippen LogP) is 6.39. The van der Waals surface area contributed by atoms with Crippen LogP contribution in [-0.2, 0) is 4.79 Å². The highest BCUT2D eigenvalue weighted by Gasteiger charge is 2.24. The van der Waals surface area contributed by atoms with E-state index in [0.29, 0.717) is 11.8 Å². The van der Waals surface area contributed by atoms with Gasteiger partial charge in [-0.3, -0.25) is 4.79 Å². The second kappa shape index (κ2) is 12.0. The first-order chi connectivity index (χ1) is 10.2. The van der Waals surface area contributed by atoms with Crippen LogP contribution < -0.4 is 0 Å². The molecule has 0 aromatic carbocycles. The molecule has 0 saturated carbocycles. The van der Waals surface area contributed by atoms with Crippen molar-refractivity contribution < 1.29 is 9.90 Å². The molecule has 0 heterocycles. The Balaban J connectivity index is 4.09. The van der Waals surface area contributed by atoms with Crippen LogP contribution in [0.25, 0.3) is 0 Å². The summed E-state index contributed by atoms with van der Waals surface area (Å²) < 4.78 is 0. The van der Waals surface area contributed by atoms with Crippen molar-refractivity contribution >= 4 is 5.97 Å². The Hall–Kier alpha value is -0.530. The average molecular weight is 313 g/mol. The first kappa shape index (κ1) is 21.5. The molecular formula is C20H40O2. The van der Waals surface area contributed by atoms with Crippen molar-refractivity contribution in [1.29, 1.82) is 0 Å². The third kappa shape index (κ3) is 11.1. The highest BCUT2D eigenvalue weighted by Crippen LogP contribution is 2.27. The summed E-state index contributed by atoms with van der Waals surface area (Å²) in [6.45, 7) is 13.4. The van der Waals surface area contributed by atoms with Crippen molar-refractivity contribution in [3.63, 3.8) is 0 Å². The van der Waals surface area contributed by atoms with Crippen LogP contribution in [0.4, 0.5) is 0 Å². The molecule has 0 spiro atoms. The van der Waals surface area contributed by atoms with Gasteiger partial charge >= 0.3 is 5.97 Å². The molecular weight excluding hydrogens is 272 g/mol. The lowest BCUT2D eigenvalue weighted by molar-refractivity contribution is -0.144. The molecule has 22 heavy (non-hydrogen) atoms. The Morgan fingerprint density at radius 3 is 1.68 bits per heavy atom. The first-order valence-corrected chi connectivity index (χ1v) is 9.46. The number of aliphatic carboxylic acids is 1. The number of carbonyl (C=O) groups is 1. The number of hydrogen-bond acceptors (Lipinski definition) is 1. The van der Waals surface area contributed by atoms with E-state index in [9.17, 15) is 9.90 Å². The van der Waals surface area contributed by atoms with Crippen LogP contribution in [0.15, 0.2) is 0 Å². The van der Waals surface area contributed by atoms with Crippen LogP contribution in [0.3, 0.4) is 0 Å². The minimum atomic E-state index is -0.591. The van der Waals surface area contributed by atoms with Crippen LogP contribution in [0.5, 0.6) is 0 Å². The summed E-state index contributed by atoms with van der Waals surface area (Å²) in [6.07, 6.45) is 9.14. The summed E-state index contributed by atoms with van der Waals surface area (Å²) >= 11 is 0. The Kier molecular flexibility index (Phi) is 11.7. The molecule has 3 unspecified atom stereocenters. The van der Waals surface area contributed by atoms with E-state index >= 15 is 0 Å². The van der Waals surface area contributed by atoms with Gasteiger partial charge in [0.1, 0.15) is 0 Å². The molecule has 0 saturated heterocycles. The van der Waals surface area contributed by atoms with Crippen LogP contribution in [-0.4, -0.2) is 11.1 Å². The van der Waals surface area contributed by atoms with Gasteiger partial charge in [-0.15, -0.1) is 0 Å². The molecule has 0 fully saturated rings. The summed E-state index contributed by atoms with van der Waals surface area (Å²) in [5.74, 6) is 1.71. The number of carboxylic acid groups (broad SMARTS) is 1. The van der Waals surface area contributed by atoms with Crippen molar-refractivity contribution in [2.45, 2.75) is 92.9 Å². The van der Waals surface area contributed by atoms with Crippen molar-refractivity contribution in [2.24, 2.45) is 29.6 Å². The molecule has 0 radical (unpaired) electrons. The lowest BCUT2D eigenvalue weighted by atomic mass is 9.83. The third-order valence-electron chi connectivity index (χ3n) is 4.89. The van der Waals surface area contributed by atoms with E-state index in [-0.39, 0.29) is 5.92 Å². The van der Waals surface area contributed by atoms with E-state index in [4.69, 9.17) is 0 Å². The van der Waals surface area contributed by atoms with Gasteiger partial charge in [-0.1, -0.05) is 73.6 Å². The molecule has 0 aliphatic carbocycles. The van der Waals surface area contributed by atoms with E-state index < -0.39 is 5.97 Å². The monoisotopic (exact) mass is 312 g/mol. The summed E-state index contributed by atoms with van der Waals surface area (Å²) in [6, 6.07) is 0. The Labute approximate surface area is 139 Å². The van der Waals surface area contributed by atoms with Crippen LogP contribution >= 0.6 is 0 Å². The zero-order valence-electron chi connectivity index (χ0n) is 15.9. The minimum absolute atomic E-state index is 0.153. The fourth-order valence-corrected chi connectivity index (χ4v) is 3.18. The fraction of sp³-hybridized carbons (Fsp3) is 0.950. The smallest absolute Gasteiger partial charge is 0.306 e. The largest absolute Gasteiger partial charge is 0.481 e. The second-order valence-corrected chi connectivity index (χ2v) is 8.25. The molecule has 0 aromatic heterocycles. The maximum Gasteiger partial charge on any atom is 0.306 e. The normalized spacial score (nSPS) is 16.0. The highest BCUT2D eigenvalue weighted by atomic mass is 16.4. The summed E-state index contributed by atoms with van der Waals surface area (Å²) in [5, 5.41) is 9.51. The zero-order valence-corrected chi connectivity index (χ0v) is 15.9. The number of hydrogen-bond donors (Lipinski definition) is 1. The number of rotatable bonds is 13. The van der Waals surface area contributed by atoms with Crippen molar-refractivity contribution in [2.75, 3.05) is 0 Å². The molecule has 132 valence electrons. The Bertz CT molecular complexity index is 283. The highest BCUT2D eigenvalue weighted by molar-refractivity contribution is 5.70. The molecule has 0 aliphatic rings.